The van der Waals surface area contributed by atoms with Gasteiger partial charge in [0.25, 0.3) is 0 Å². The Morgan fingerprint density at radius 2 is 2.00 bits per heavy atom. The van der Waals surface area contributed by atoms with Gasteiger partial charge in [-0.1, -0.05) is 0 Å². The van der Waals surface area contributed by atoms with Crippen LogP contribution in [0.15, 0.2) is 0 Å². The van der Waals surface area contributed by atoms with Gasteiger partial charge in [-0.3, -0.25) is 0 Å². The van der Waals surface area contributed by atoms with Crippen molar-refractivity contribution in [1.82, 2.24) is 10.2 Å². The maximum Gasteiger partial charge on any atom is 0.0312 e. The topological polar surface area (TPSA) is 15.3 Å². The lowest BCUT2D eigenvalue weighted by molar-refractivity contribution is 0.263. The van der Waals surface area contributed by atoms with Crippen molar-refractivity contribution in [2.75, 3.05) is 20.6 Å². The number of nitrogens with zero attached hydrogens (tertiary/aromatic N) is 1. The summed E-state index contributed by atoms with van der Waals surface area (Å²) >= 11 is 0. The maximum absolute atomic E-state index is 3.73. The average molecular weight is 154 g/mol. The molecule has 0 spiro atoms. The van der Waals surface area contributed by atoms with E-state index in [0.29, 0.717) is 5.54 Å². The molecule has 0 atom stereocenters. The first-order valence-electron chi connectivity index (χ1n) is 4.63. The molecular formula is C9H18N2. The fourth-order valence-electron chi connectivity index (χ4n) is 2.70. The highest BCUT2D eigenvalue weighted by Crippen LogP contribution is 2.37. The number of rotatable bonds is 2. The standard InChI is InChI=1S/C9H18N2/c1-11(2)7-9-5-3-8(10-9)4-6-9/h8,10H,3-7H2,1-2H3. The Morgan fingerprint density at radius 3 is 2.36 bits per heavy atom. The van der Waals surface area contributed by atoms with E-state index in [-0.39, 0.29) is 0 Å². The summed E-state index contributed by atoms with van der Waals surface area (Å²) in [5.41, 5.74) is 0.508. The summed E-state index contributed by atoms with van der Waals surface area (Å²) in [7, 11) is 4.34. The SMILES string of the molecule is CN(C)CC12CCC(CC1)N2. The largest absolute Gasteiger partial charge is 0.308 e. The van der Waals surface area contributed by atoms with Crippen molar-refractivity contribution in [1.29, 1.82) is 0 Å². The van der Waals surface area contributed by atoms with Crippen molar-refractivity contribution in [3.05, 3.63) is 0 Å². The Hall–Kier alpha value is -0.0800. The maximum atomic E-state index is 3.73. The fourth-order valence-corrected chi connectivity index (χ4v) is 2.70. The number of likely N-dealkylation sites (N-methyl/N-ethyl adjacent to an activating group) is 1. The summed E-state index contributed by atoms with van der Waals surface area (Å²) < 4.78 is 0. The van der Waals surface area contributed by atoms with Crippen LogP contribution in [0.2, 0.25) is 0 Å². The molecule has 0 amide bonds. The average Bonchev–Trinajstić information content (AvgIpc) is 2.43. The van der Waals surface area contributed by atoms with Crippen LogP contribution in [-0.2, 0) is 0 Å². The van der Waals surface area contributed by atoms with Gasteiger partial charge in [-0.25, -0.2) is 0 Å². The van der Waals surface area contributed by atoms with Crippen LogP contribution in [0.25, 0.3) is 0 Å². The molecule has 2 aliphatic rings. The summed E-state index contributed by atoms with van der Waals surface area (Å²) in [5.74, 6) is 0. The smallest absolute Gasteiger partial charge is 0.0312 e. The molecule has 2 fully saturated rings. The second-order valence-electron chi connectivity index (χ2n) is 4.44. The highest BCUT2D eigenvalue weighted by molar-refractivity contribution is 5.05. The Balaban J connectivity index is 1.99. The van der Waals surface area contributed by atoms with E-state index >= 15 is 0 Å². The minimum atomic E-state index is 0.508. The molecule has 0 aromatic carbocycles. The first kappa shape index (κ1) is 7.56. The molecular weight excluding hydrogens is 136 g/mol. The van der Waals surface area contributed by atoms with E-state index in [1.807, 2.05) is 0 Å². The van der Waals surface area contributed by atoms with Crippen LogP contribution in [-0.4, -0.2) is 37.1 Å². The molecule has 2 bridgehead atoms. The van der Waals surface area contributed by atoms with E-state index < -0.39 is 0 Å². The zero-order valence-corrected chi connectivity index (χ0v) is 7.56. The van der Waals surface area contributed by atoms with Crippen LogP contribution < -0.4 is 5.32 Å². The van der Waals surface area contributed by atoms with Crippen LogP contribution in [0.5, 0.6) is 0 Å². The molecule has 2 rings (SSSR count). The van der Waals surface area contributed by atoms with Gasteiger partial charge in [0.2, 0.25) is 0 Å². The molecule has 11 heavy (non-hydrogen) atoms. The Bertz CT molecular complexity index is 146. The minimum Gasteiger partial charge on any atom is -0.308 e. The van der Waals surface area contributed by atoms with Crippen molar-refractivity contribution in [2.45, 2.75) is 37.3 Å². The number of fused-ring (bicyclic) bond motifs is 2. The monoisotopic (exact) mass is 154 g/mol. The normalized spacial score (nSPS) is 42.3. The van der Waals surface area contributed by atoms with Crippen LogP contribution in [0, 0.1) is 0 Å². The van der Waals surface area contributed by atoms with Crippen LogP contribution in [0.4, 0.5) is 0 Å². The molecule has 0 aromatic rings. The molecule has 2 heteroatoms. The number of hydrogen-bond acceptors (Lipinski definition) is 2. The lowest BCUT2D eigenvalue weighted by Gasteiger charge is -2.29. The molecule has 2 saturated heterocycles. The molecule has 1 N–H and O–H groups in total. The van der Waals surface area contributed by atoms with Gasteiger partial charge in [-0.2, -0.15) is 0 Å². The van der Waals surface area contributed by atoms with Gasteiger partial charge in [0, 0.05) is 18.1 Å². The predicted octanol–water partition coefficient (Wildman–Crippen LogP) is 0.833. The van der Waals surface area contributed by atoms with E-state index in [0.717, 1.165) is 6.04 Å². The van der Waals surface area contributed by atoms with Crippen molar-refractivity contribution in [2.24, 2.45) is 0 Å². The molecule has 2 heterocycles. The number of nitrogens with one attached hydrogen (secondary N) is 1. The Kier molecular flexibility index (Phi) is 1.69. The van der Waals surface area contributed by atoms with Crippen molar-refractivity contribution in [3.8, 4) is 0 Å². The zero-order valence-electron chi connectivity index (χ0n) is 7.56. The van der Waals surface area contributed by atoms with E-state index in [1.165, 1.54) is 32.2 Å². The van der Waals surface area contributed by atoms with E-state index in [1.54, 1.807) is 0 Å². The zero-order chi connectivity index (χ0) is 7.90. The highest BCUT2D eigenvalue weighted by Gasteiger charge is 2.44. The van der Waals surface area contributed by atoms with Gasteiger partial charge < -0.3 is 10.2 Å². The summed E-state index contributed by atoms with van der Waals surface area (Å²) in [5, 5.41) is 3.73. The minimum absolute atomic E-state index is 0.508. The first-order valence-corrected chi connectivity index (χ1v) is 4.63. The molecule has 0 aliphatic carbocycles. The Labute approximate surface area is 69.0 Å². The van der Waals surface area contributed by atoms with E-state index in [2.05, 4.69) is 24.3 Å². The third kappa shape index (κ3) is 1.30. The van der Waals surface area contributed by atoms with E-state index in [9.17, 15) is 0 Å². The molecule has 0 aromatic heterocycles. The van der Waals surface area contributed by atoms with E-state index in [4.69, 9.17) is 0 Å². The molecule has 0 saturated carbocycles. The third-order valence-corrected chi connectivity index (χ3v) is 3.07. The highest BCUT2D eigenvalue weighted by atomic mass is 15.2. The molecule has 0 radical (unpaired) electrons. The van der Waals surface area contributed by atoms with Crippen molar-refractivity contribution in [3.63, 3.8) is 0 Å². The lowest BCUT2D eigenvalue weighted by atomic mass is 9.88. The van der Waals surface area contributed by atoms with Gasteiger partial charge in [0.15, 0.2) is 0 Å². The Morgan fingerprint density at radius 1 is 1.36 bits per heavy atom. The van der Waals surface area contributed by atoms with Crippen LogP contribution >= 0.6 is 0 Å². The van der Waals surface area contributed by atoms with Crippen molar-refractivity contribution < 1.29 is 0 Å². The molecule has 2 aliphatic heterocycles. The second kappa shape index (κ2) is 2.46. The predicted molar refractivity (Wildman–Crippen MR) is 46.7 cm³/mol. The summed E-state index contributed by atoms with van der Waals surface area (Å²) in [4.78, 5) is 2.31. The summed E-state index contributed by atoms with van der Waals surface area (Å²) in [6.45, 7) is 1.23. The molecule has 0 unspecified atom stereocenters. The quantitative estimate of drug-likeness (QED) is 0.634. The van der Waals surface area contributed by atoms with Gasteiger partial charge in [0.1, 0.15) is 0 Å². The van der Waals surface area contributed by atoms with Crippen molar-refractivity contribution >= 4 is 0 Å². The molecule has 2 nitrogen and oxygen atoms in total. The van der Waals surface area contributed by atoms with Crippen LogP contribution in [0.3, 0.4) is 0 Å². The summed E-state index contributed by atoms with van der Waals surface area (Å²) in [6.07, 6.45) is 5.62. The van der Waals surface area contributed by atoms with Gasteiger partial charge in [0.05, 0.1) is 0 Å². The van der Waals surface area contributed by atoms with Gasteiger partial charge >= 0.3 is 0 Å². The summed E-state index contributed by atoms with van der Waals surface area (Å²) in [6, 6.07) is 0.856. The lowest BCUT2D eigenvalue weighted by Crippen LogP contribution is -2.45. The molecule has 64 valence electrons. The van der Waals surface area contributed by atoms with Gasteiger partial charge in [-0.05, 0) is 39.8 Å². The van der Waals surface area contributed by atoms with Gasteiger partial charge in [-0.15, -0.1) is 0 Å². The number of hydrogen-bond donors (Lipinski definition) is 1. The van der Waals surface area contributed by atoms with Crippen LogP contribution in [0.1, 0.15) is 25.7 Å². The fraction of sp³-hybridized carbons (Fsp3) is 1.00. The first-order chi connectivity index (χ1) is 5.20. The third-order valence-electron chi connectivity index (χ3n) is 3.07. The second-order valence-corrected chi connectivity index (χ2v) is 4.44.